The van der Waals surface area contributed by atoms with Gasteiger partial charge in [0.25, 0.3) is 0 Å². The van der Waals surface area contributed by atoms with Crippen LogP contribution in [0.5, 0.6) is 0 Å². The molecule has 0 atom stereocenters. The van der Waals surface area contributed by atoms with E-state index >= 15 is 0 Å². The van der Waals surface area contributed by atoms with Gasteiger partial charge < -0.3 is 4.42 Å². The molecular weight excluding hydrogens is 272 g/mol. The molecule has 4 heterocycles. The number of nitrogens with zero attached hydrogens (tertiary/aromatic N) is 4. The van der Waals surface area contributed by atoms with Gasteiger partial charge in [-0.1, -0.05) is 6.92 Å². The second-order valence-electron chi connectivity index (χ2n) is 4.60. The van der Waals surface area contributed by atoms with Gasteiger partial charge in [-0.3, -0.25) is 0 Å². The molecule has 100 valence electrons. The quantitative estimate of drug-likeness (QED) is 0.565. The lowest BCUT2D eigenvalue weighted by atomic mass is 10.1. The summed E-state index contributed by atoms with van der Waals surface area (Å²) in [6.07, 6.45) is 4.31. The summed E-state index contributed by atoms with van der Waals surface area (Å²) in [5, 5.41) is 5.56. The Hall–Kier alpha value is -2.21. The molecule has 0 radical (unpaired) electrons. The molecule has 0 aliphatic carbocycles. The largest absolute Gasteiger partial charge is 0.461 e. The minimum atomic E-state index is 0.593. The molecule has 0 saturated carbocycles. The van der Waals surface area contributed by atoms with Crippen LogP contribution < -0.4 is 0 Å². The summed E-state index contributed by atoms with van der Waals surface area (Å²) in [7, 11) is 0. The number of aryl methyl sites for hydroxylation is 2. The van der Waals surface area contributed by atoms with Gasteiger partial charge in [-0.15, -0.1) is 16.4 Å². The third-order valence-corrected chi connectivity index (χ3v) is 4.48. The predicted octanol–water partition coefficient (Wildman–Crippen LogP) is 3.47. The van der Waals surface area contributed by atoms with Crippen LogP contribution in [0.1, 0.15) is 17.4 Å². The molecule has 4 aromatic heterocycles. The molecule has 0 bridgehead atoms. The van der Waals surface area contributed by atoms with Crippen LogP contribution >= 0.6 is 11.3 Å². The number of aromatic nitrogens is 4. The van der Waals surface area contributed by atoms with Gasteiger partial charge in [-0.05, 0) is 31.0 Å². The minimum Gasteiger partial charge on any atom is -0.461 e. The van der Waals surface area contributed by atoms with Crippen LogP contribution in [-0.4, -0.2) is 19.6 Å². The Bertz CT molecular complexity index is 904. The van der Waals surface area contributed by atoms with Crippen LogP contribution in [-0.2, 0) is 6.42 Å². The molecule has 0 aliphatic rings. The lowest BCUT2D eigenvalue weighted by Crippen LogP contribution is -1.91. The monoisotopic (exact) mass is 284 g/mol. The first-order chi connectivity index (χ1) is 9.78. The average Bonchev–Trinajstić information content (AvgIpc) is 3.14. The first-order valence-corrected chi connectivity index (χ1v) is 7.27. The van der Waals surface area contributed by atoms with E-state index in [4.69, 9.17) is 4.42 Å². The molecule has 0 unspecified atom stereocenters. The van der Waals surface area contributed by atoms with Crippen molar-refractivity contribution in [1.29, 1.82) is 0 Å². The summed E-state index contributed by atoms with van der Waals surface area (Å²) < 4.78 is 7.09. The molecule has 0 saturated heterocycles. The van der Waals surface area contributed by atoms with Crippen molar-refractivity contribution in [2.24, 2.45) is 0 Å². The average molecular weight is 284 g/mol. The molecule has 0 aromatic carbocycles. The van der Waals surface area contributed by atoms with Crippen LogP contribution in [0.3, 0.4) is 0 Å². The zero-order chi connectivity index (χ0) is 13.7. The molecular formula is C14H12N4OS. The first kappa shape index (κ1) is 11.6. The molecule has 0 aliphatic heterocycles. The van der Waals surface area contributed by atoms with Crippen molar-refractivity contribution >= 4 is 27.2 Å². The molecule has 20 heavy (non-hydrogen) atoms. The van der Waals surface area contributed by atoms with Crippen molar-refractivity contribution in [2.75, 3.05) is 0 Å². The zero-order valence-electron chi connectivity index (χ0n) is 11.1. The smallest absolute Gasteiger partial charge is 0.217 e. The van der Waals surface area contributed by atoms with Crippen molar-refractivity contribution in [3.05, 3.63) is 35.2 Å². The van der Waals surface area contributed by atoms with Gasteiger partial charge in [-0.2, -0.15) is 0 Å². The highest BCUT2D eigenvalue weighted by Gasteiger charge is 2.16. The number of fused-ring (bicyclic) bond motifs is 3. The Morgan fingerprint density at radius 2 is 2.30 bits per heavy atom. The molecule has 0 fully saturated rings. The Morgan fingerprint density at radius 1 is 1.40 bits per heavy atom. The summed E-state index contributed by atoms with van der Waals surface area (Å²) in [5.41, 5.74) is 2.16. The number of furan rings is 1. The highest BCUT2D eigenvalue weighted by Crippen LogP contribution is 2.32. The van der Waals surface area contributed by atoms with Gasteiger partial charge in [0.1, 0.15) is 11.2 Å². The van der Waals surface area contributed by atoms with E-state index in [-0.39, 0.29) is 0 Å². The third-order valence-electron chi connectivity index (χ3n) is 3.42. The first-order valence-electron chi connectivity index (χ1n) is 6.45. The predicted molar refractivity (Wildman–Crippen MR) is 78.0 cm³/mol. The van der Waals surface area contributed by atoms with Crippen LogP contribution in [0, 0.1) is 6.92 Å². The maximum atomic E-state index is 5.37. The molecule has 6 heteroatoms. The highest BCUT2D eigenvalue weighted by atomic mass is 32.1. The summed E-state index contributed by atoms with van der Waals surface area (Å²) in [4.78, 5) is 11.4. The van der Waals surface area contributed by atoms with E-state index in [1.807, 2.05) is 12.1 Å². The SMILES string of the molecule is CCc1c(C)sc2ncn3nc(-c4ccco4)nc3c12. The van der Waals surface area contributed by atoms with Crippen LogP contribution in [0.15, 0.2) is 29.1 Å². The molecule has 0 N–H and O–H groups in total. The molecule has 4 aromatic rings. The van der Waals surface area contributed by atoms with E-state index in [9.17, 15) is 0 Å². The summed E-state index contributed by atoms with van der Waals surface area (Å²) in [6.45, 7) is 4.29. The Kier molecular flexibility index (Phi) is 2.40. The van der Waals surface area contributed by atoms with Crippen molar-refractivity contribution in [3.63, 3.8) is 0 Å². The van der Waals surface area contributed by atoms with Crippen LogP contribution in [0.4, 0.5) is 0 Å². The van der Waals surface area contributed by atoms with Gasteiger partial charge in [0, 0.05) is 4.88 Å². The van der Waals surface area contributed by atoms with Gasteiger partial charge in [0.05, 0.1) is 11.6 Å². The van der Waals surface area contributed by atoms with Gasteiger partial charge in [0.2, 0.25) is 5.82 Å². The standard InChI is InChI=1S/C14H12N4OS/c1-3-9-8(2)20-14-11(9)13-16-12(10-5-4-6-19-10)17-18(13)7-15-14/h4-7H,3H2,1-2H3. The van der Waals surface area contributed by atoms with E-state index in [2.05, 4.69) is 28.9 Å². The van der Waals surface area contributed by atoms with E-state index in [0.29, 0.717) is 11.6 Å². The number of hydrogen-bond acceptors (Lipinski definition) is 5. The van der Waals surface area contributed by atoms with E-state index < -0.39 is 0 Å². The molecule has 0 spiro atoms. The van der Waals surface area contributed by atoms with Crippen molar-refractivity contribution < 1.29 is 4.42 Å². The van der Waals surface area contributed by atoms with Crippen LogP contribution in [0.2, 0.25) is 0 Å². The second-order valence-corrected chi connectivity index (χ2v) is 5.80. The van der Waals surface area contributed by atoms with Crippen molar-refractivity contribution in [3.8, 4) is 11.6 Å². The minimum absolute atomic E-state index is 0.593. The summed E-state index contributed by atoms with van der Waals surface area (Å²) in [6, 6.07) is 3.69. The van der Waals surface area contributed by atoms with Crippen molar-refractivity contribution in [2.45, 2.75) is 20.3 Å². The van der Waals surface area contributed by atoms with E-state index in [1.165, 1.54) is 10.4 Å². The van der Waals surface area contributed by atoms with Gasteiger partial charge in [-0.25, -0.2) is 14.5 Å². The Labute approximate surface area is 118 Å². The van der Waals surface area contributed by atoms with E-state index in [1.54, 1.807) is 28.4 Å². The Balaban J connectivity index is 2.09. The maximum Gasteiger partial charge on any atom is 0.217 e. The highest BCUT2D eigenvalue weighted by molar-refractivity contribution is 7.18. The molecule has 5 nitrogen and oxygen atoms in total. The molecule has 4 rings (SSSR count). The number of rotatable bonds is 2. The van der Waals surface area contributed by atoms with Crippen molar-refractivity contribution in [1.82, 2.24) is 19.6 Å². The third kappa shape index (κ3) is 1.51. The Morgan fingerprint density at radius 3 is 3.05 bits per heavy atom. The summed E-state index contributed by atoms with van der Waals surface area (Å²) >= 11 is 1.71. The fraction of sp³-hybridized carbons (Fsp3) is 0.214. The second kappa shape index (κ2) is 4.14. The van der Waals surface area contributed by atoms with Gasteiger partial charge in [0.15, 0.2) is 11.4 Å². The van der Waals surface area contributed by atoms with Gasteiger partial charge >= 0.3 is 0 Å². The lowest BCUT2D eigenvalue weighted by molar-refractivity contribution is 0.577. The molecule has 0 amide bonds. The fourth-order valence-corrected chi connectivity index (χ4v) is 3.58. The topological polar surface area (TPSA) is 56.2 Å². The maximum absolute atomic E-state index is 5.37. The fourth-order valence-electron chi connectivity index (χ4n) is 2.50. The van der Waals surface area contributed by atoms with E-state index in [0.717, 1.165) is 22.3 Å². The zero-order valence-corrected chi connectivity index (χ0v) is 11.9. The number of hydrogen-bond donors (Lipinski definition) is 0. The summed E-state index contributed by atoms with van der Waals surface area (Å²) in [5.74, 6) is 1.27. The van der Waals surface area contributed by atoms with Crippen LogP contribution in [0.25, 0.3) is 27.4 Å². The normalized spacial score (nSPS) is 11.7. The lowest BCUT2D eigenvalue weighted by Gasteiger charge is -1.96. The number of thiophene rings is 1.